The van der Waals surface area contributed by atoms with Crippen molar-refractivity contribution in [3.8, 4) is 22.8 Å². The minimum Gasteiger partial charge on any atom is -0.466 e. The van der Waals surface area contributed by atoms with E-state index in [9.17, 15) is 9.59 Å². The Balaban J connectivity index is 1.34. The van der Waals surface area contributed by atoms with Crippen molar-refractivity contribution < 1.29 is 19.1 Å². The Labute approximate surface area is 281 Å². The number of hydrogen-bond donors (Lipinski definition) is 2. The minimum absolute atomic E-state index is 0.295. The van der Waals surface area contributed by atoms with Crippen LogP contribution in [0.5, 0.6) is 0 Å². The number of carbonyl (C=O) groups is 2. The molecule has 0 aliphatic carbocycles. The van der Waals surface area contributed by atoms with Crippen molar-refractivity contribution in [2.24, 2.45) is 0 Å². The van der Waals surface area contributed by atoms with Crippen LogP contribution in [-0.2, 0) is 19.1 Å². The van der Waals surface area contributed by atoms with Crippen LogP contribution in [-0.4, -0.2) is 76.5 Å². The van der Waals surface area contributed by atoms with Gasteiger partial charge in [0.1, 0.15) is 34.2 Å². The number of aromatic amines is 2. The fourth-order valence-corrected chi connectivity index (χ4v) is 9.53. The van der Waals surface area contributed by atoms with Crippen molar-refractivity contribution in [1.82, 2.24) is 39.9 Å². The molecule has 4 aliphatic heterocycles. The predicted molar refractivity (Wildman–Crippen MR) is 183 cm³/mol. The van der Waals surface area contributed by atoms with Crippen molar-refractivity contribution in [1.29, 1.82) is 0 Å². The van der Waals surface area contributed by atoms with E-state index in [2.05, 4.69) is 9.97 Å². The molecule has 4 atom stereocenters. The minimum atomic E-state index is -0.566. The number of methoxy groups -OCH3 is 2. The molecule has 3 aromatic carbocycles. The van der Waals surface area contributed by atoms with E-state index in [1.807, 2.05) is 72.8 Å². The van der Waals surface area contributed by atoms with E-state index >= 15 is 0 Å². The van der Waals surface area contributed by atoms with Crippen LogP contribution in [0.4, 0.5) is 0 Å². The summed E-state index contributed by atoms with van der Waals surface area (Å²) < 4.78 is 10.4. The lowest BCUT2D eigenvalue weighted by Crippen LogP contribution is -2.31. The van der Waals surface area contributed by atoms with Crippen LogP contribution in [0.2, 0.25) is 0 Å². The van der Waals surface area contributed by atoms with Crippen molar-refractivity contribution >= 4 is 67.8 Å². The van der Waals surface area contributed by atoms with Gasteiger partial charge in [0.15, 0.2) is 11.6 Å². The Morgan fingerprint density at radius 3 is 1.35 bits per heavy atom. The third kappa shape index (κ3) is 3.93. The highest BCUT2D eigenvalue weighted by Crippen LogP contribution is 2.64. The molecule has 10 bridgehead atoms. The van der Waals surface area contributed by atoms with Gasteiger partial charge >= 0.3 is 11.9 Å². The van der Waals surface area contributed by atoms with Gasteiger partial charge < -0.3 is 19.4 Å². The van der Waals surface area contributed by atoms with Gasteiger partial charge in [0, 0.05) is 55.0 Å². The maximum Gasteiger partial charge on any atom is 0.335 e. The number of carbonyl (C=O) groups excluding carboxylic acids is 2. The number of hydrogen-bond acceptors (Lipinski definition) is 11. The average molecular weight is 665 g/mol. The molecule has 0 amide bonds. The van der Waals surface area contributed by atoms with E-state index in [4.69, 9.17) is 39.4 Å². The predicted octanol–water partition coefficient (Wildman–Crippen LogP) is 5.54. The molecule has 4 unspecified atom stereocenters. The van der Waals surface area contributed by atoms with Crippen molar-refractivity contribution in [3.63, 3.8) is 0 Å². The van der Waals surface area contributed by atoms with E-state index < -0.39 is 22.4 Å². The molecule has 2 N–H and O–H groups in total. The number of ether oxygens (including phenoxy) is 2. The molecule has 49 heavy (non-hydrogen) atoms. The largest absolute Gasteiger partial charge is 0.466 e. The number of esters is 2. The number of nitrogens with one attached hydrogen (secondary N) is 2. The van der Waals surface area contributed by atoms with Gasteiger partial charge in [-0.05, 0) is 0 Å². The average Bonchev–Trinajstić information content (AvgIpc) is 3.98. The van der Waals surface area contributed by atoms with E-state index in [0.29, 0.717) is 57.0 Å². The summed E-state index contributed by atoms with van der Waals surface area (Å²) in [6.45, 7) is 0. The Kier molecular flexibility index (Phi) is 5.89. The molecule has 3 aromatic heterocycles. The fourth-order valence-electron chi connectivity index (χ4n) is 7.58. The van der Waals surface area contributed by atoms with Gasteiger partial charge in [0.05, 0.1) is 25.4 Å². The lowest BCUT2D eigenvalue weighted by Gasteiger charge is -2.25. The highest BCUT2D eigenvalue weighted by Gasteiger charge is 2.61. The molecule has 0 spiro atoms. The van der Waals surface area contributed by atoms with E-state index in [-0.39, 0.29) is 11.8 Å². The third-order valence-corrected chi connectivity index (χ3v) is 11.3. The number of nitrogens with zero attached hydrogens (tertiary/aromatic N) is 6. The Bertz CT molecular complexity index is 2490. The molecular formula is C36H24N8O4S. The second-order valence-corrected chi connectivity index (χ2v) is 13.4. The van der Waals surface area contributed by atoms with E-state index in [1.165, 1.54) is 26.0 Å². The fraction of sp³-hybridized carbons (Fsp3) is 0.167. The molecule has 4 aliphatic rings. The first kappa shape index (κ1) is 28.1. The normalized spacial score (nSPS) is 20.4. The number of thioether (sulfide) groups is 1. The molecule has 238 valence electrons. The number of rotatable bonds is 2. The molecule has 0 radical (unpaired) electrons. The monoisotopic (exact) mass is 664 g/mol. The maximum atomic E-state index is 13.2. The molecule has 7 heterocycles. The number of H-pyrrole nitrogens is 2. The van der Waals surface area contributed by atoms with Crippen LogP contribution in [0.1, 0.15) is 23.5 Å². The van der Waals surface area contributed by atoms with E-state index in [1.54, 1.807) is 0 Å². The second kappa shape index (κ2) is 10.3. The highest BCUT2D eigenvalue weighted by molar-refractivity contribution is 8.01. The van der Waals surface area contributed by atoms with Gasteiger partial charge in [0.2, 0.25) is 0 Å². The topological polar surface area (TPSA) is 162 Å². The summed E-state index contributed by atoms with van der Waals surface area (Å²) in [5.41, 5.74) is 4.65. The summed E-state index contributed by atoms with van der Waals surface area (Å²) in [6, 6.07) is 23.6. The SMILES string of the molecule is COC(=O)C1=C(C(=O)OC)C2SC1C1c3nc(nc4[nH]c(nc5nc(nc6[nH]c(n3)c3ccccc63)-c3ccccc3-5)c3ccccc43)C21. The lowest BCUT2D eigenvalue weighted by molar-refractivity contribution is -0.139. The first-order chi connectivity index (χ1) is 24.0. The van der Waals surface area contributed by atoms with Gasteiger partial charge in [-0.1, -0.05) is 72.8 Å². The summed E-state index contributed by atoms with van der Waals surface area (Å²) in [6.07, 6.45) is 0. The maximum absolute atomic E-state index is 13.2. The Morgan fingerprint density at radius 2 is 0.939 bits per heavy atom. The zero-order valence-corrected chi connectivity index (χ0v) is 26.8. The van der Waals surface area contributed by atoms with Crippen LogP contribution >= 0.6 is 11.8 Å². The lowest BCUT2D eigenvalue weighted by atomic mass is 9.76. The van der Waals surface area contributed by atoms with Gasteiger partial charge in [-0.25, -0.2) is 39.5 Å². The Morgan fingerprint density at radius 1 is 0.551 bits per heavy atom. The standard InChI is InChI=1S/C36H24N8O4S/c1-47-35(45)23-24(36(46)48-2)26-22-21(25(23)49-26)33-42-31-19-13-7-5-11-17(19)29(40-31)38-27-15-9-3-4-10-16(15)28(37-27)39-30-18-12-6-8-14-20(18)32(41-30)43-34(22)44-33/h3-14,21-22,25-26H,1-2H3,(H2,37,38,39,40,41,42,43,44). The third-order valence-electron chi connectivity index (χ3n) is 9.68. The van der Waals surface area contributed by atoms with Gasteiger partial charge in [-0.15, -0.1) is 11.8 Å². The zero-order valence-electron chi connectivity index (χ0n) is 26.0. The zero-order chi connectivity index (χ0) is 33.0. The Hall–Kier alpha value is -5.95. The van der Waals surface area contributed by atoms with Crippen LogP contribution < -0.4 is 0 Å². The van der Waals surface area contributed by atoms with Gasteiger partial charge in [-0.2, -0.15) is 0 Å². The van der Waals surface area contributed by atoms with Crippen molar-refractivity contribution in [2.45, 2.75) is 22.3 Å². The van der Waals surface area contributed by atoms with Gasteiger partial charge in [0.25, 0.3) is 0 Å². The highest BCUT2D eigenvalue weighted by atomic mass is 32.2. The van der Waals surface area contributed by atoms with Gasteiger partial charge in [-0.3, -0.25) is 0 Å². The molecule has 12 nitrogen and oxygen atoms in total. The first-order valence-electron chi connectivity index (χ1n) is 15.7. The molecule has 10 rings (SSSR count). The molecule has 0 saturated carbocycles. The molecular weight excluding hydrogens is 641 g/mol. The molecule has 13 heteroatoms. The summed E-state index contributed by atoms with van der Waals surface area (Å²) in [5, 5.41) is 2.55. The summed E-state index contributed by atoms with van der Waals surface area (Å²) in [4.78, 5) is 63.6. The summed E-state index contributed by atoms with van der Waals surface area (Å²) in [7, 11) is 2.63. The molecule has 1 fully saturated rings. The smallest absolute Gasteiger partial charge is 0.335 e. The number of aromatic nitrogens is 8. The quantitative estimate of drug-likeness (QED) is 0.223. The molecule has 1 saturated heterocycles. The van der Waals surface area contributed by atoms with Crippen LogP contribution in [0.3, 0.4) is 0 Å². The second-order valence-electron chi connectivity index (χ2n) is 12.2. The van der Waals surface area contributed by atoms with Crippen molar-refractivity contribution in [2.75, 3.05) is 14.2 Å². The van der Waals surface area contributed by atoms with Crippen LogP contribution in [0, 0.1) is 0 Å². The van der Waals surface area contributed by atoms with E-state index in [0.717, 1.165) is 32.7 Å². The number of benzene rings is 3. The first-order valence-corrected chi connectivity index (χ1v) is 16.6. The summed E-state index contributed by atoms with van der Waals surface area (Å²) in [5.74, 6) is 0.210. The van der Waals surface area contributed by atoms with Crippen molar-refractivity contribution in [3.05, 3.63) is 95.6 Å². The number of fused-ring (bicyclic) bond motifs is 24. The van der Waals surface area contributed by atoms with Crippen LogP contribution in [0.15, 0.2) is 83.9 Å². The van der Waals surface area contributed by atoms with Crippen LogP contribution in [0.25, 0.3) is 66.9 Å². The summed E-state index contributed by atoms with van der Waals surface area (Å²) >= 11 is 1.52. The molecule has 6 aromatic rings.